The van der Waals surface area contributed by atoms with Crippen LogP contribution >= 0.6 is 11.6 Å². The summed E-state index contributed by atoms with van der Waals surface area (Å²) in [5, 5.41) is 13.9. The zero-order valence-electron chi connectivity index (χ0n) is 12.2. The van der Waals surface area contributed by atoms with Crippen molar-refractivity contribution in [2.45, 2.75) is 6.92 Å². The van der Waals surface area contributed by atoms with E-state index < -0.39 is 5.82 Å². The summed E-state index contributed by atoms with van der Waals surface area (Å²) in [7, 11) is 0. The van der Waals surface area contributed by atoms with Gasteiger partial charge in [0.25, 0.3) is 0 Å². The molecule has 1 aromatic heterocycles. The summed E-state index contributed by atoms with van der Waals surface area (Å²) in [5.41, 5.74) is 2.64. The number of aromatic nitrogens is 3. The molecule has 2 N–H and O–H groups in total. The van der Waals surface area contributed by atoms with Gasteiger partial charge in [0.2, 0.25) is 5.95 Å². The van der Waals surface area contributed by atoms with Crippen molar-refractivity contribution in [2.24, 2.45) is 0 Å². The lowest BCUT2D eigenvalue weighted by Crippen LogP contribution is -2.02. The Morgan fingerprint density at radius 2 is 1.74 bits per heavy atom. The van der Waals surface area contributed by atoms with Gasteiger partial charge in [-0.3, -0.25) is 0 Å². The van der Waals surface area contributed by atoms with E-state index in [1.165, 1.54) is 23.9 Å². The summed E-state index contributed by atoms with van der Waals surface area (Å²) in [6, 6.07) is 12.2. The predicted molar refractivity (Wildman–Crippen MR) is 89.0 cm³/mol. The lowest BCUT2D eigenvalue weighted by molar-refractivity contribution is 0.628. The third-order valence-corrected chi connectivity index (χ3v) is 3.35. The van der Waals surface area contributed by atoms with Gasteiger partial charge in [-0.1, -0.05) is 29.3 Å². The molecule has 0 aliphatic heterocycles. The van der Waals surface area contributed by atoms with Crippen molar-refractivity contribution in [3.05, 3.63) is 65.1 Å². The fourth-order valence-electron chi connectivity index (χ4n) is 1.90. The first kappa shape index (κ1) is 15.2. The summed E-state index contributed by atoms with van der Waals surface area (Å²) >= 11 is 5.75. The first-order chi connectivity index (χ1) is 11.1. The van der Waals surface area contributed by atoms with E-state index >= 15 is 0 Å². The molecule has 0 bridgehead atoms. The summed E-state index contributed by atoms with van der Waals surface area (Å²) in [6.45, 7) is 2.02. The molecule has 0 radical (unpaired) electrons. The van der Waals surface area contributed by atoms with Crippen molar-refractivity contribution >= 4 is 34.7 Å². The van der Waals surface area contributed by atoms with E-state index in [4.69, 9.17) is 11.6 Å². The number of hydrogen-bond donors (Lipinski definition) is 2. The normalized spacial score (nSPS) is 10.4. The Morgan fingerprint density at radius 3 is 2.48 bits per heavy atom. The van der Waals surface area contributed by atoms with Crippen LogP contribution in [-0.4, -0.2) is 15.2 Å². The third kappa shape index (κ3) is 3.92. The minimum atomic E-state index is -0.481. The fourth-order valence-corrected chi connectivity index (χ4v) is 2.09. The van der Waals surface area contributed by atoms with Gasteiger partial charge in [-0.15, -0.1) is 5.10 Å². The summed E-state index contributed by atoms with van der Waals surface area (Å²) in [6.07, 6.45) is 1.52. The Bertz CT molecular complexity index is 823. The van der Waals surface area contributed by atoms with Gasteiger partial charge in [-0.25, -0.2) is 4.39 Å². The number of anilines is 4. The SMILES string of the molecule is Cc1ccc(Nc2cnnc(Nc3ccc(F)c(Cl)c3)n2)cc1. The second kappa shape index (κ2) is 6.58. The summed E-state index contributed by atoms with van der Waals surface area (Å²) < 4.78 is 13.2. The average Bonchev–Trinajstić information content (AvgIpc) is 2.54. The molecule has 3 rings (SSSR count). The smallest absolute Gasteiger partial charge is 0.249 e. The lowest BCUT2D eigenvalue weighted by Gasteiger charge is -2.08. The molecule has 2 aromatic carbocycles. The number of hydrogen-bond acceptors (Lipinski definition) is 5. The van der Waals surface area contributed by atoms with Gasteiger partial charge in [-0.05, 0) is 37.3 Å². The second-order valence-electron chi connectivity index (χ2n) is 4.91. The van der Waals surface area contributed by atoms with Crippen molar-refractivity contribution < 1.29 is 4.39 Å². The van der Waals surface area contributed by atoms with Gasteiger partial charge in [0.05, 0.1) is 11.2 Å². The Labute approximate surface area is 137 Å². The zero-order chi connectivity index (χ0) is 16.2. The Balaban J connectivity index is 1.76. The molecule has 0 atom stereocenters. The van der Waals surface area contributed by atoms with Gasteiger partial charge in [0.1, 0.15) is 5.82 Å². The second-order valence-corrected chi connectivity index (χ2v) is 5.32. The minimum absolute atomic E-state index is 0.0249. The van der Waals surface area contributed by atoms with E-state index in [0.29, 0.717) is 11.5 Å². The predicted octanol–water partition coefficient (Wildman–Crippen LogP) is 4.46. The molecule has 0 aliphatic carbocycles. The molecule has 1 heterocycles. The van der Waals surface area contributed by atoms with E-state index in [0.717, 1.165) is 5.69 Å². The molecule has 23 heavy (non-hydrogen) atoms. The highest BCUT2D eigenvalue weighted by atomic mass is 35.5. The molecule has 0 spiro atoms. The average molecular weight is 330 g/mol. The van der Waals surface area contributed by atoms with Crippen molar-refractivity contribution in [3.8, 4) is 0 Å². The van der Waals surface area contributed by atoms with Crippen LogP contribution in [0, 0.1) is 12.7 Å². The van der Waals surface area contributed by atoms with Crippen molar-refractivity contribution in [2.75, 3.05) is 10.6 Å². The molecule has 3 aromatic rings. The Hall–Kier alpha value is -2.73. The van der Waals surface area contributed by atoms with Gasteiger partial charge < -0.3 is 10.6 Å². The van der Waals surface area contributed by atoms with Crippen LogP contribution in [0.3, 0.4) is 0 Å². The lowest BCUT2D eigenvalue weighted by atomic mass is 10.2. The van der Waals surface area contributed by atoms with E-state index in [1.54, 1.807) is 6.07 Å². The quantitative estimate of drug-likeness (QED) is 0.740. The molecule has 0 saturated carbocycles. The highest BCUT2D eigenvalue weighted by Gasteiger charge is 2.05. The fraction of sp³-hybridized carbons (Fsp3) is 0.0625. The molecule has 0 aliphatic rings. The van der Waals surface area contributed by atoms with Crippen LogP contribution in [0.4, 0.5) is 27.5 Å². The van der Waals surface area contributed by atoms with Crippen molar-refractivity contribution in [1.29, 1.82) is 0 Å². The van der Waals surface area contributed by atoms with Crippen LogP contribution in [0.1, 0.15) is 5.56 Å². The molecule has 0 amide bonds. The van der Waals surface area contributed by atoms with Crippen LogP contribution in [0.15, 0.2) is 48.7 Å². The number of halogens is 2. The maximum Gasteiger partial charge on any atom is 0.249 e. The molecule has 5 nitrogen and oxygen atoms in total. The van der Waals surface area contributed by atoms with Gasteiger partial charge >= 0.3 is 0 Å². The standard InChI is InChI=1S/C16H13ClFN5/c1-10-2-4-11(5-3-10)20-15-9-19-23-16(22-15)21-12-6-7-14(18)13(17)8-12/h2-9H,1H3,(H2,20,21,22,23). The number of benzene rings is 2. The van der Waals surface area contributed by atoms with Crippen molar-refractivity contribution in [1.82, 2.24) is 15.2 Å². The number of nitrogens with one attached hydrogen (secondary N) is 2. The van der Waals surface area contributed by atoms with Crippen molar-refractivity contribution in [3.63, 3.8) is 0 Å². The highest BCUT2D eigenvalue weighted by Crippen LogP contribution is 2.22. The molecule has 0 unspecified atom stereocenters. The topological polar surface area (TPSA) is 62.7 Å². The minimum Gasteiger partial charge on any atom is -0.339 e. The van der Waals surface area contributed by atoms with Crippen LogP contribution in [0.5, 0.6) is 0 Å². The zero-order valence-corrected chi connectivity index (χ0v) is 13.0. The Morgan fingerprint density at radius 1 is 1.00 bits per heavy atom. The number of rotatable bonds is 4. The maximum absolute atomic E-state index is 13.2. The van der Waals surface area contributed by atoms with Crippen LogP contribution in [0.25, 0.3) is 0 Å². The number of nitrogens with zero attached hydrogens (tertiary/aromatic N) is 3. The van der Waals surface area contributed by atoms with E-state index in [-0.39, 0.29) is 11.0 Å². The first-order valence-electron chi connectivity index (χ1n) is 6.86. The van der Waals surface area contributed by atoms with Gasteiger partial charge in [-0.2, -0.15) is 10.1 Å². The first-order valence-corrected chi connectivity index (χ1v) is 7.23. The maximum atomic E-state index is 13.2. The highest BCUT2D eigenvalue weighted by molar-refractivity contribution is 6.31. The van der Waals surface area contributed by atoms with Crippen LogP contribution in [0.2, 0.25) is 5.02 Å². The molecular weight excluding hydrogens is 317 g/mol. The van der Waals surface area contributed by atoms with Crippen LogP contribution in [-0.2, 0) is 0 Å². The van der Waals surface area contributed by atoms with Gasteiger partial charge in [0.15, 0.2) is 5.82 Å². The molecular formula is C16H13ClFN5. The molecule has 0 fully saturated rings. The van der Waals surface area contributed by atoms with E-state index in [1.807, 2.05) is 31.2 Å². The summed E-state index contributed by atoms with van der Waals surface area (Å²) in [4.78, 5) is 4.31. The van der Waals surface area contributed by atoms with Gasteiger partial charge in [0, 0.05) is 11.4 Å². The van der Waals surface area contributed by atoms with E-state index in [9.17, 15) is 4.39 Å². The third-order valence-electron chi connectivity index (χ3n) is 3.06. The monoisotopic (exact) mass is 329 g/mol. The van der Waals surface area contributed by atoms with E-state index in [2.05, 4.69) is 25.8 Å². The Kier molecular flexibility index (Phi) is 4.34. The number of aryl methyl sites for hydroxylation is 1. The molecule has 116 valence electrons. The molecule has 0 saturated heterocycles. The molecule has 7 heteroatoms. The van der Waals surface area contributed by atoms with Crippen LogP contribution < -0.4 is 10.6 Å². The largest absolute Gasteiger partial charge is 0.339 e. The summed E-state index contributed by atoms with van der Waals surface area (Å²) in [5.74, 6) is 0.343.